The molecule has 0 aliphatic carbocycles. The van der Waals surface area contributed by atoms with E-state index in [1.54, 1.807) is 56.0 Å². The van der Waals surface area contributed by atoms with Crippen molar-refractivity contribution >= 4 is 47.0 Å². The third-order valence-corrected chi connectivity index (χ3v) is 5.37. The van der Waals surface area contributed by atoms with Crippen LogP contribution in [0.1, 0.15) is 19.4 Å². The second kappa shape index (κ2) is 8.53. The van der Waals surface area contributed by atoms with Crippen LogP contribution in [0.15, 0.2) is 59.5 Å². The molecule has 0 bridgehead atoms. The molecule has 2 aromatic rings. The molecule has 1 aliphatic rings. The van der Waals surface area contributed by atoms with Crippen LogP contribution in [0.5, 0.6) is 0 Å². The molecule has 29 heavy (non-hydrogen) atoms. The number of rotatable bonds is 5. The van der Waals surface area contributed by atoms with E-state index >= 15 is 0 Å². The van der Waals surface area contributed by atoms with Gasteiger partial charge >= 0.3 is 5.97 Å². The second-order valence-electron chi connectivity index (χ2n) is 6.97. The van der Waals surface area contributed by atoms with Crippen molar-refractivity contribution in [2.75, 3.05) is 23.1 Å². The normalized spacial score (nSPS) is 15.0. The molecule has 1 heterocycles. The molecule has 1 aliphatic heterocycles. The van der Waals surface area contributed by atoms with Gasteiger partial charge in [-0.05, 0) is 56.0 Å². The molecule has 150 valence electrons. The summed E-state index contributed by atoms with van der Waals surface area (Å²) < 4.78 is 5.11. The van der Waals surface area contributed by atoms with E-state index in [2.05, 4.69) is 5.32 Å². The molecule has 2 aromatic carbocycles. The third kappa shape index (κ3) is 4.51. The van der Waals surface area contributed by atoms with Gasteiger partial charge in [0.15, 0.2) is 6.61 Å². The Hall–Kier alpha value is -3.06. The van der Waals surface area contributed by atoms with Gasteiger partial charge in [0.25, 0.3) is 5.91 Å². The van der Waals surface area contributed by atoms with E-state index in [-0.39, 0.29) is 5.91 Å². The average molecular weight is 410 g/mol. The van der Waals surface area contributed by atoms with Gasteiger partial charge in [0.05, 0.1) is 11.4 Å². The molecule has 0 saturated heterocycles. The minimum absolute atomic E-state index is 0.301. The fraction of sp³-hybridized carbons (Fsp3) is 0.227. The molecular weight excluding hydrogens is 388 g/mol. The van der Waals surface area contributed by atoms with E-state index in [1.807, 2.05) is 30.5 Å². The average Bonchev–Trinajstić information content (AvgIpc) is 2.71. The first-order chi connectivity index (χ1) is 13.8. The maximum absolute atomic E-state index is 12.8. The number of anilines is 2. The van der Waals surface area contributed by atoms with Crippen molar-refractivity contribution in [1.29, 1.82) is 0 Å². The minimum atomic E-state index is -1.10. The number of carbonyl (C=O) groups is 3. The molecule has 0 radical (unpaired) electrons. The summed E-state index contributed by atoms with van der Waals surface area (Å²) in [6.45, 7) is 2.84. The van der Waals surface area contributed by atoms with Gasteiger partial charge in [0.1, 0.15) is 5.54 Å². The molecule has 1 N–H and O–H groups in total. The lowest BCUT2D eigenvalue weighted by atomic mass is 9.96. The highest BCUT2D eigenvalue weighted by atomic mass is 32.2. The van der Waals surface area contributed by atoms with Gasteiger partial charge in [-0.25, -0.2) is 4.79 Å². The first kappa shape index (κ1) is 20.7. The largest absolute Gasteiger partial charge is 0.452 e. The number of fused-ring (bicyclic) bond motifs is 1. The summed E-state index contributed by atoms with van der Waals surface area (Å²) >= 11 is 1.64. The van der Waals surface area contributed by atoms with Crippen LogP contribution in [0.3, 0.4) is 0 Å². The monoisotopic (exact) mass is 410 g/mol. The van der Waals surface area contributed by atoms with Crippen LogP contribution in [0, 0.1) is 0 Å². The summed E-state index contributed by atoms with van der Waals surface area (Å²) in [6, 6.07) is 14.7. The number of benzene rings is 2. The summed E-state index contributed by atoms with van der Waals surface area (Å²) in [5.74, 6) is -1.40. The number of amides is 2. The van der Waals surface area contributed by atoms with Gasteiger partial charge in [-0.15, -0.1) is 11.8 Å². The SMILES string of the molecule is CSc1ccc(/C=C/C(=O)OCC(=O)N2c3ccccc3NC(=O)C2(C)C)cc1. The second-order valence-corrected chi connectivity index (χ2v) is 7.85. The summed E-state index contributed by atoms with van der Waals surface area (Å²) in [7, 11) is 0. The van der Waals surface area contributed by atoms with Crippen molar-refractivity contribution in [3.63, 3.8) is 0 Å². The Labute approximate surface area is 173 Å². The van der Waals surface area contributed by atoms with E-state index in [0.717, 1.165) is 10.5 Å². The minimum Gasteiger partial charge on any atom is -0.452 e. The van der Waals surface area contributed by atoms with Crippen molar-refractivity contribution in [3.8, 4) is 0 Å². The van der Waals surface area contributed by atoms with Gasteiger partial charge in [0, 0.05) is 11.0 Å². The molecule has 0 unspecified atom stereocenters. The number of hydrogen-bond acceptors (Lipinski definition) is 5. The molecule has 0 aromatic heterocycles. The quantitative estimate of drug-likeness (QED) is 0.462. The number of nitrogens with one attached hydrogen (secondary N) is 1. The predicted octanol–water partition coefficient (Wildman–Crippen LogP) is 3.73. The highest BCUT2D eigenvalue weighted by molar-refractivity contribution is 7.98. The van der Waals surface area contributed by atoms with Crippen LogP contribution in [0.25, 0.3) is 6.08 Å². The summed E-state index contributed by atoms with van der Waals surface area (Å²) in [4.78, 5) is 39.8. The lowest BCUT2D eigenvalue weighted by molar-refractivity contribution is -0.143. The standard InChI is InChI=1S/C22H22N2O4S/c1-22(2)21(27)23-17-6-4-5-7-18(17)24(22)19(25)14-28-20(26)13-10-15-8-11-16(29-3)12-9-15/h4-13H,14H2,1-3H3,(H,23,27)/b13-10+. The van der Waals surface area contributed by atoms with Crippen LogP contribution in [0.2, 0.25) is 0 Å². The van der Waals surface area contributed by atoms with Crippen LogP contribution < -0.4 is 10.2 Å². The Morgan fingerprint density at radius 1 is 1.14 bits per heavy atom. The molecule has 3 rings (SSSR count). The highest BCUT2D eigenvalue weighted by Crippen LogP contribution is 2.36. The van der Waals surface area contributed by atoms with Gasteiger partial charge < -0.3 is 10.1 Å². The van der Waals surface area contributed by atoms with Crippen LogP contribution in [0.4, 0.5) is 11.4 Å². The van der Waals surface area contributed by atoms with E-state index in [0.29, 0.717) is 11.4 Å². The zero-order chi connectivity index (χ0) is 21.0. The van der Waals surface area contributed by atoms with Gasteiger partial charge in [0.2, 0.25) is 5.91 Å². The zero-order valence-electron chi connectivity index (χ0n) is 16.5. The highest BCUT2D eigenvalue weighted by Gasteiger charge is 2.43. The van der Waals surface area contributed by atoms with Crippen molar-refractivity contribution in [2.45, 2.75) is 24.3 Å². The number of thioether (sulfide) groups is 1. The Balaban J connectivity index is 1.67. The van der Waals surface area contributed by atoms with Crippen LogP contribution in [-0.2, 0) is 19.1 Å². The number of esters is 1. The molecule has 0 spiro atoms. The molecule has 6 nitrogen and oxygen atoms in total. The molecular formula is C22H22N2O4S. The van der Waals surface area contributed by atoms with Crippen molar-refractivity contribution in [2.24, 2.45) is 0 Å². The van der Waals surface area contributed by atoms with Crippen molar-refractivity contribution in [3.05, 3.63) is 60.2 Å². The number of carbonyl (C=O) groups excluding carboxylic acids is 3. The number of para-hydroxylation sites is 2. The zero-order valence-corrected chi connectivity index (χ0v) is 17.3. The Kier molecular flexibility index (Phi) is 6.08. The smallest absolute Gasteiger partial charge is 0.331 e. The molecule has 0 saturated carbocycles. The maximum Gasteiger partial charge on any atom is 0.331 e. The van der Waals surface area contributed by atoms with Gasteiger partial charge in [-0.2, -0.15) is 0 Å². The number of ether oxygens (including phenoxy) is 1. The fourth-order valence-corrected chi connectivity index (χ4v) is 3.43. The lowest BCUT2D eigenvalue weighted by Gasteiger charge is -2.41. The predicted molar refractivity (Wildman–Crippen MR) is 115 cm³/mol. The van der Waals surface area contributed by atoms with Crippen molar-refractivity contribution < 1.29 is 19.1 Å². The van der Waals surface area contributed by atoms with Gasteiger partial charge in [-0.1, -0.05) is 24.3 Å². The summed E-state index contributed by atoms with van der Waals surface area (Å²) in [5, 5.41) is 2.79. The number of hydrogen-bond donors (Lipinski definition) is 1. The Morgan fingerprint density at radius 2 is 1.83 bits per heavy atom. The van der Waals surface area contributed by atoms with E-state index in [4.69, 9.17) is 4.74 Å². The summed E-state index contributed by atoms with van der Waals surface area (Å²) in [5.41, 5.74) is 0.869. The lowest BCUT2D eigenvalue weighted by Crippen LogP contribution is -2.59. The van der Waals surface area contributed by atoms with Crippen LogP contribution >= 0.6 is 11.8 Å². The maximum atomic E-state index is 12.8. The van der Waals surface area contributed by atoms with Crippen molar-refractivity contribution in [1.82, 2.24) is 0 Å². The third-order valence-electron chi connectivity index (χ3n) is 4.62. The Morgan fingerprint density at radius 3 is 2.52 bits per heavy atom. The first-order valence-corrected chi connectivity index (χ1v) is 10.3. The Bertz CT molecular complexity index is 967. The molecule has 2 amide bonds. The molecule has 7 heteroatoms. The first-order valence-electron chi connectivity index (χ1n) is 9.05. The van der Waals surface area contributed by atoms with Gasteiger partial charge in [-0.3, -0.25) is 14.5 Å². The molecule has 0 atom stereocenters. The van der Waals surface area contributed by atoms with E-state index < -0.39 is 24.0 Å². The molecule has 0 fully saturated rings. The summed E-state index contributed by atoms with van der Waals surface area (Å²) in [6.07, 6.45) is 4.90. The number of nitrogens with zero attached hydrogens (tertiary/aromatic N) is 1. The van der Waals surface area contributed by atoms with E-state index in [9.17, 15) is 14.4 Å². The van der Waals surface area contributed by atoms with E-state index in [1.165, 1.54) is 11.0 Å². The fourth-order valence-electron chi connectivity index (χ4n) is 3.02. The topological polar surface area (TPSA) is 75.7 Å². The van der Waals surface area contributed by atoms with Crippen LogP contribution in [-0.4, -0.2) is 36.2 Å².